The summed E-state index contributed by atoms with van der Waals surface area (Å²) < 4.78 is 21.6. The third kappa shape index (κ3) is 3.32. The Kier molecular flexibility index (Phi) is 3.87. The molecule has 3 heterocycles. The number of nitrogens with zero attached hydrogens (tertiary/aromatic N) is 4. The molecule has 1 aliphatic heterocycles. The number of ether oxygens (including phenoxy) is 2. The normalized spacial score (nSPS) is 13.4. The van der Waals surface area contributed by atoms with Crippen LogP contribution in [-0.4, -0.2) is 27.1 Å². The summed E-state index contributed by atoms with van der Waals surface area (Å²) in [7, 11) is 0. The first-order valence-corrected chi connectivity index (χ1v) is 8.67. The number of benzene rings is 1. The summed E-state index contributed by atoms with van der Waals surface area (Å²) in [4.78, 5) is 4.39. The number of rotatable bonds is 4. The highest BCUT2D eigenvalue weighted by Gasteiger charge is 2.22. The molecule has 3 aromatic rings. The largest absolute Gasteiger partial charge is 0.454 e. The van der Waals surface area contributed by atoms with Gasteiger partial charge in [-0.15, -0.1) is 10.2 Å². The van der Waals surface area contributed by atoms with Crippen molar-refractivity contribution in [3.63, 3.8) is 0 Å². The highest BCUT2D eigenvalue weighted by atomic mass is 32.2. The van der Waals surface area contributed by atoms with Gasteiger partial charge in [0.1, 0.15) is 0 Å². The highest BCUT2D eigenvalue weighted by molar-refractivity contribution is 7.98. The maximum atomic E-state index is 5.63. The van der Waals surface area contributed by atoms with Gasteiger partial charge in [0.2, 0.25) is 24.4 Å². The minimum absolute atomic E-state index is 0.178. The van der Waals surface area contributed by atoms with E-state index in [1.807, 2.05) is 39.0 Å². The van der Waals surface area contributed by atoms with Crippen LogP contribution < -0.4 is 9.47 Å². The molecule has 0 aliphatic carbocycles. The summed E-state index contributed by atoms with van der Waals surface area (Å²) >= 11 is 1.36. The van der Waals surface area contributed by atoms with Crippen molar-refractivity contribution in [3.8, 4) is 22.9 Å². The Bertz CT molecular complexity index is 900. The Balaban J connectivity index is 1.44. The quantitative estimate of drug-likeness (QED) is 0.648. The van der Waals surface area contributed by atoms with Gasteiger partial charge in [0.05, 0.1) is 5.75 Å². The van der Waals surface area contributed by atoms with Crippen molar-refractivity contribution in [2.75, 3.05) is 6.79 Å². The number of hydrogen-bond donors (Lipinski definition) is 0. The van der Waals surface area contributed by atoms with E-state index < -0.39 is 0 Å². The lowest BCUT2D eigenvalue weighted by molar-refractivity contribution is 0.174. The van der Waals surface area contributed by atoms with Crippen molar-refractivity contribution in [1.82, 2.24) is 20.3 Å². The Hall–Kier alpha value is -2.55. The van der Waals surface area contributed by atoms with Gasteiger partial charge in [-0.1, -0.05) is 37.7 Å². The molecule has 1 aliphatic rings. The SMILES string of the molecule is CC(C)(C)c1nnc(SCc2nc(-c3ccc4c(c3)OCO4)no2)o1. The lowest BCUT2D eigenvalue weighted by Crippen LogP contribution is -2.11. The average molecular weight is 360 g/mol. The molecule has 9 heteroatoms. The van der Waals surface area contributed by atoms with Crippen LogP contribution in [0, 0.1) is 0 Å². The first kappa shape index (κ1) is 15.9. The molecule has 0 saturated heterocycles. The van der Waals surface area contributed by atoms with E-state index in [4.69, 9.17) is 18.4 Å². The molecule has 25 heavy (non-hydrogen) atoms. The van der Waals surface area contributed by atoms with Crippen LogP contribution >= 0.6 is 11.8 Å². The second-order valence-electron chi connectivity index (χ2n) is 6.49. The summed E-state index contributed by atoms with van der Waals surface area (Å²) in [6.07, 6.45) is 0. The summed E-state index contributed by atoms with van der Waals surface area (Å²) in [6, 6.07) is 5.52. The first-order valence-electron chi connectivity index (χ1n) is 7.68. The van der Waals surface area contributed by atoms with Crippen LogP contribution in [0.2, 0.25) is 0 Å². The molecular weight excluding hydrogens is 344 g/mol. The summed E-state index contributed by atoms with van der Waals surface area (Å²) in [5, 5.41) is 12.6. The van der Waals surface area contributed by atoms with Crippen LogP contribution in [0.3, 0.4) is 0 Å². The number of aromatic nitrogens is 4. The van der Waals surface area contributed by atoms with Crippen LogP contribution in [0.5, 0.6) is 11.5 Å². The molecule has 8 nitrogen and oxygen atoms in total. The molecule has 0 atom stereocenters. The molecule has 0 unspecified atom stereocenters. The summed E-state index contributed by atoms with van der Waals surface area (Å²) in [5.41, 5.74) is 0.625. The van der Waals surface area contributed by atoms with Crippen LogP contribution in [0.25, 0.3) is 11.4 Å². The van der Waals surface area contributed by atoms with E-state index in [1.54, 1.807) is 0 Å². The van der Waals surface area contributed by atoms with E-state index in [9.17, 15) is 0 Å². The molecule has 0 fully saturated rings. The fourth-order valence-corrected chi connectivity index (χ4v) is 2.76. The van der Waals surface area contributed by atoms with E-state index in [1.165, 1.54) is 11.8 Å². The van der Waals surface area contributed by atoms with Crippen molar-refractivity contribution in [2.24, 2.45) is 0 Å². The van der Waals surface area contributed by atoms with Gasteiger partial charge < -0.3 is 18.4 Å². The van der Waals surface area contributed by atoms with Crippen molar-refractivity contribution in [1.29, 1.82) is 0 Å². The molecule has 0 spiro atoms. The van der Waals surface area contributed by atoms with Gasteiger partial charge in [-0.05, 0) is 18.2 Å². The molecule has 0 radical (unpaired) electrons. The Morgan fingerprint density at radius 3 is 2.76 bits per heavy atom. The Morgan fingerprint density at radius 1 is 1.12 bits per heavy atom. The molecule has 2 aromatic heterocycles. The number of hydrogen-bond acceptors (Lipinski definition) is 9. The second kappa shape index (κ2) is 6.07. The Morgan fingerprint density at radius 2 is 1.96 bits per heavy atom. The minimum atomic E-state index is -0.178. The Labute approximate surface area is 147 Å². The zero-order valence-corrected chi connectivity index (χ0v) is 14.8. The maximum Gasteiger partial charge on any atom is 0.277 e. The second-order valence-corrected chi connectivity index (χ2v) is 7.42. The number of fused-ring (bicyclic) bond motifs is 1. The molecule has 0 amide bonds. The van der Waals surface area contributed by atoms with Crippen LogP contribution in [0.4, 0.5) is 0 Å². The molecule has 1 aromatic carbocycles. The minimum Gasteiger partial charge on any atom is -0.454 e. The third-order valence-electron chi connectivity index (χ3n) is 3.47. The topological polar surface area (TPSA) is 96.3 Å². The first-order chi connectivity index (χ1) is 12.0. The van der Waals surface area contributed by atoms with E-state index in [0.717, 1.165) is 5.56 Å². The average Bonchev–Trinajstić information content (AvgIpc) is 3.31. The fraction of sp³-hybridized carbons (Fsp3) is 0.375. The van der Waals surface area contributed by atoms with Gasteiger partial charge in [0.15, 0.2) is 11.5 Å². The summed E-state index contributed by atoms with van der Waals surface area (Å²) in [5.74, 6) is 3.42. The standard InChI is InChI=1S/C16H16N4O4S/c1-16(2,3)14-18-19-15(23-14)25-7-12-17-13(20-24-12)9-4-5-10-11(6-9)22-8-21-10/h4-6H,7-8H2,1-3H3. The third-order valence-corrected chi connectivity index (χ3v) is 4.27. The lowest BCUT2D eigenvalue weighted by Gasteiger charge is -2.10. The van der Waals surface area contributed by atoms with Crippen molar-refractivity contribution in [3.05, 3.63) is 30.0 Å². The fourth-order valence-electron chi connectivity index (χ4n) is 2.16. The van der Waals surface area contributed by atoms with E-state index in [-0.39, 0.29) is 12.2 Å². The van der Waals surface area contributed by atoms with Crippen LogP contribution in [-0.2, 0) is 11.2 Å². The van der Waals surface area contributed by atoms with Gasteiger partial charge >= 0.3 is 0 Å². The van der Waals surface area contributed by atoms with Gasteiger partial charge in [-0.2, -0.15) is 4.98 Å². The highest BCUT2D eigenvalue weighted by Crippen LogP contribution is 2.35. The van der Waals surface area contributed by atoms with Gasteiger partial charge in [0, 0.05) is 11.0 Å². The predicted molar refractivity (Wildman–Crippen MR) is 88.4 cm³/mol. The van der Waals surface area contributed by atoms with E-state index in [2.05, 4.69) is 20.3 Å². The van der Waals surface area contributed by atoms with Crippen molar-refractivity contribution in [2.45, 2.75) is 37.2 Å². The maximum absolute atomic E-state index is 5.63. The monoisotopic (exact) mass is 360 g/mol. The van der Waals surface area contributed by atoms with Crippen molar-refractivity contribution < 1.29 is 18.4 Å². The molecule has 0 N–H and O–H groups in total. The van der Waals surface area contributed by atoms with Crippen LogP contribution in [0.15, 0.2) is 32.4 Å². The van der Waals surface area contributed by atoms with Crippen LogP contribution in [0.1, 0.15) is 32.6 Å². The van der Waals surface area contributed by atoms with Gasteiger partial charge in [-0.25, -0.2) is 0 Å². The summed E-state index contributed by atoms with van der Waals surface area (Å²) in [6.45, 7) is 6.29. The lowest BCUT2D eigenvalue weighted by atomic mass is 9.97. The molecule has 0 saturated carbocycles. The molecular formula is C16H16N4O4S. The van der Waals surface area contributed by atoms with Gasteiger partial charge in [-0.3, -0.25) is 0 Å². The van der Waals surface area contributed by atoms with E-state index >= 15 is 0 Å². The zero-order valence-electron chi connectivity index (χ0n) is 14.0. The van der Waals surface area contributed by atoms with Gasteiger partial charge in [0.25, 0.3) is 5.22 Å². The molecule has 4 rings (SSSR count). The molecule has 0 bridgehead atoms. The molecule has 130 valence electrons. The van der Waals surface area contributed by atoms with Crippen molar-refractivity contribution >= 4 is 11.8 Å². The number of thioether (sulfide) groups is 1. The zero-order chi connectivity index (χ0) is 17.4. The smallest absolute Gasteiger partial charge is 0.277 e. The van der Waals surface area contributed by atoms with E-state index in [0.29, 0.717) is 40.1 Å². The predicted octanol–water partition coefficient (Wildman–Crippen LogP) is 3.44.